The number of likely N-dealkylation sites (tertiary alicyclic amines) is 1. The summed E-state index contributed by atoms with van der Waals surface area (Å²) >= 11 is 0. The number of methoxy groups -OCH3 is 1. The lowest BCUT2D eigenvalue weighted by Gasteiger charge is -2.55. The molecule has 172 valence electrons. The molecule has 0 radical (unpaired) electrons. The summed E-state index contributed by atoms with van der Waals surface area (Å²) in [6.45, 7) is 3.30. The SMILES string of the molecule is CCNc1nc(Nc2cc(F)c(C(=O)N3CC4(CCO4)C3)cc2OC)ncc1C(F)(F)F. The average molecular weight is 455 g/mol. The van der Waals surface area contributed by atoms with Crippen LogP contribution >= 0.6 is 0 Å². The number of ether oxygens (including phenoxy) is 2. The number of alkyl halides is 3. The maximum atomic E-state index is 14.8. The number of hydrogen-bond acceptors (Lipinski definition) is 7. The highest BCUT2D eigenvalue weighted by Crippen LogP contribution is 2.38. The van der Waals surface area contributed by atoms with Crippen molar-refractivity contribution in [2.24, 2.45) is 0 Å². The van der Waals surface area contributed by atoms with Crippen LogP contribution in [0.1, 0.15) is 29.3 Å². The lowest BCUT2D eigenvalue weighted by Crippen LogP contribution is -2.69. The highest BCUT2D eigenvalue weighted by Gasteiger charge is 2.51. The van der Waals surface area contributed by atoms with Crippen molar-refractivity contribution >= 4 is 23.4 Å². The van der Waals surface area contributed by atoms with Crippen LogP contribution in [0.4, 0.5) is 35.0 Å². The minimum atomic E-state index is -4.64. The first-order chi connectivity index (χ1) is 15.2. The molecule has 0 saturated carbocycles. The Morgan fingerprint density at radius 2 is 2.06 bits per heavy atom. The molecule has 4 rings (SSSR count). The van der Waals surface area contributed by atoms with Crippen molar-refractivity contribution in [2.75, 3.05) is 44.0 Å². The molecule has 3 heterocycles. The fourth-order valence-corrected chi connectivity index (χ4v) is 3.66. The van der Waals surface area contributed by atoms with Gasteiger partial charge in [0.1, 0.15) is 28.5 Å². The molecule has 12 heteroatoms. The first-order valence-corrected chi connectivity index (χ1v) is 9.92. The quantitative estimate of drug-likeness (QED) is 0.646. The fraction of sp³-hybridized carbons (Fsp3) is 0.450. The first-order valence-electron chi connectivity index (χ1n) is 9.92. The molecular weight excluding hydrogens is 434 g/mol. The van der Waals surface area contributed by atoms with Crippen molar-refractivity contribution in [3.05, 3.63) is 35.3 Å². The van der Waals surface area contributed by atoms with Crippen LogP contribution in [0.2, 0.25) is 0 Å². The molecule has 0 unspecified atom stereocenters. The predicted octanol–water partition coefficient (Wildman–Crippen LogP) is 3.43. The molecule has 2 saturated heterocycles. The van der Waals surface area contributed by atoms with Crippen LogP contribution in [0.5, 0.6) is 5.75 Å². The zero-order chi connectivity index (χ0) is 23.1. The lowest BCUT2D eigenvalue weighted by atomic mass is 9.86. The number of aromatic nitrogens is 2. The Morgan fingerprint density at radius 1 is 1.34 bits per heavy atom. The van der Waals surface area contributed by atoms with Gasteiger partial charge in [0.05, 0.1) is 38.1 Å². The van der Waals surface area contributed by atoms with Gasteiger partial charge in [-0.25, -0.2) is 9.37 Å². The summed E-state index contributed by atoms with van der Waals surface area (Å²) in [6, 6.07) is 2.26. The third-order valence-corrected chi connectivity index (χ3v) is 5.42. The van der Waals surface area contributed by atoms with Gasteiger partial charge in [0, 0.05) is 25.2 Å². The summed E-state index contributed by atoms with van der Waals surface area (Å²) in [5.74, 6) is -1.80. The number of nitrogens with one attached hydrogen (secondary N) is 2. The normalized spacial score (nSPS) is 16.9. The van der Waals surface area contributed by atoms with E-state index in [4.69, 9.17) is 9.47 Å². The number of amides is 1. The van der Waals surface area contributed by atoms with Gasteiger partial charge in [0.25, 0.3) is 5.91 Å². The third kappa shape index (κ3) is 4.01. The number of rotatable bonds is 6. The second-order valence-corrected chi connectivity index (χ2v) is 7.58. The minimum absolute atomic E-state index is 0.0613. The van der Waals surface area contributed by atoms with Gasteiger partial charge in [-0.3, -0.25) is 4.79 Å². The maximum Gasteiger partial charge on any atom is 0.421 e. The number of benzene rings is 1. The molecule has 2 aromatic rings. The van der Waals surface area contributed by atoms with E-state index in [-0.39, 0.29) is 35.1 Å². The van der Waals surface area contributed by atoms with Gasteiger partial charge in [-0.15, -0.1) is 0 Å². The fourth-order valence-electron chi connectivity index (χ4n) is 3.66. The predicted molar refractivity (Wildman–Crippen MR) is 107 cm³/mol. The molecule has 2 fully saturated rings. The molecule has 1 amide bonds. The topological polar surface area (TPSA) is 88.6 Å². The minimum Gasteiger partial charge on any atom is -0.495 e. The van der Waals surface area contributed by atoms with E-state index in [1.807, 2.05) is 0 Å². The van der Waals surface area contributed by atoms with Gasteiger partial charge >= 0.3 is 6.18 Å². The largest absolute Gasteiger partial charge is 0.495 e. The standard InChI is InChI=1S/C20H21F4N5O3/c1-3-25-16-12(20(22,23)24)8-26-18(28-16)27-14-7-13(21)11(6-15(14)31-2)17(30)29-9-19(10-29)4-5-32-19/h6-8H,3-5,9-10H2,1-2H3,(H2,25,26,27,28). The molecule has 2 aliphatic rings. The van der Waals surface area contributed by atoms with Gasteiger partial charge in [-0.2, -0.15) is 18.2 Å². The third-order valence-electron chi connectivity index (χ3n) is 5.42. The smallest absolute Gasteiger partial charge is 0.421 e. The van der Waals surface area contributed by atoms with E-state index in [0.717, 1.165) is 12.5 Å². The summed E-state index contributed by atoms with van der Waals surface area (Å²) in [4.78, 5) is 21.7. The number of carbonyl (C=O) groups is 1. The molecule has 0 atom stereocenters. The Bertz CT molecular complexity index is 1030. The van der Waals surface area contributed by atoms with E-state index >= 15 is 0 Å². The Kier molecular flexibility index (Phi) is 5.57. The van der Waals surface area contributed by atoms with Crippen LogP contribution in [0.25, 0.3) is 0 Å². The Balaban J connectivity index is 1.57. The monoisotopic (exact) mass is 455 g/mol. The van der Waals surface area contributed by atoms with Crippen LogP contribution in [0, 0.1) is 5.82 Å². The van der Waals surface area contributed by atoms with Gasteiger partial charge in [-0.1, -0.05) is 0 Å². The van der Waals surface area contributed by atoms with Crippen molar-refractivity contribution in [1.82, 2.24) is 14.9 Å². The molecule has 1 spiro atoms. The summed E-state index contributed by atoms with van der Waals surface area (Å²) in [5.41, 5.74) is -1.43. The van der Waals surface area contributed by atoms with E-state index < -0.39 is 29.3 Å². The summed E-state index contributed by atoms with van der Waals surface area (Å²) in [5, 5.41) is 5.19. The summed E-state index contributed by atoms with van der Waals surface area (Å²) in [6.07, 6.45) is -3.13. The molecule has 1 aromatic carbocycles. The number of nitrogens with zero attached hydrogens (tertiary/aromatic N) is 3. The molecule has 32 heavy (non-hydrogen) atoms. The average Bonchev–Trinajstić information content (AvgIpc) is 2.65. The van der Waals surface area contributed by atoms with Crippen molar-refractivity contribution in [3.63, 3.8) is 0 Å². The summed E-state index contributed by atoms with van der Waals surface area (Å²) in [7, 11) is 1.32. The molecule has 2 aliphatic heterocycles. The van der Waals surface area contributed by atoms with E-state index in [1.165, 1.54) is 18.1 Å². The molecule has 0 aliphatic carbocycles. The van der Waals surface area contributed by atoms with E-state index in [1.54, 1.807) is 6.92 Å². The van der Waals surface area contributed by atoms with E-state index in [2.05, 4.69) is 20.6 Å². The highest BCUT2D eigenvalue weighted by molar-refractivity contribution is 5.96. The Labute approximate surface area is 180 Å². The zero-order valence-electron chi connectivity index (χ0n) is 17.3. The van der Waals surface area contributed by atoms with Crippen LogP contribution in [0.15, 0.2) is 18.3 Å². The van der Waals surface area contributed by atoms with E-state index in [9.17, 15) is 22.4 Å². The number of anilines is 3. The number of halogens is 4. The summed E-state index contributed by atoms with van der Waals surface area (Å²) < 4.78 is 64.9. The van der Waals surface area contributed by atoms with Crippen molar-refractivity contribution in [1.29, 1.82) is 0 Å². The molecule has 0 bridgehead atoms. The Hall–Kier alpha value is -3.15. The van der Waals surface area contributed by atoms with Gasteiger partial charge < -0.3 is 25.0 Å². The highest BCUT2D eigenvalue weighted by atomic mass is 19.4. The van der Waals surface area contributed by atoms with Crippen LogP contribution in [-0.4, -0.2) is 59.7 Å². The maximum absolute atomic E-state index is 14.8. The van der Waals surface area contributed by atoms with Crippen molar-refractivity contribution < 1.29 is 31.8 Å². The molecule has 1 aromatic heterocycles. The van der Waals surface area contributed by atoms with Gasteiger partial charge in [0.15, 0.2) is 0 Å². The van der Waals surface area contributed by atoms with Crippen LogP contribution in [-0.2, 0) is 10.9 Å². The first kappa shape index (κ1) is 22.1. The number of hydrogen-bond donors (Lipinski definition) is 2. The van der Waals surface area contributed by atoms with E-state index in [0.29, 0.717) is 25.9 Å². The van der Waals surface area contributed by atoms with Crippen molar-refractivity contribution in [2.45, 2.75) is 25.1 Å². The molecule has 8 nitrogen and oxygen atoms in total. The molecular formula is C20H21F4N5O3. The zero-order valence-corrected chi connectivity index (χ0v) is 17.3. The molecule has 2 N–H and O–H groups in total. The van der Waals surface area contributed by atoms with Gasteiger partial charge in [-0.05, 0) is 13.0 Å². The van der Waals surface area contributed by atoms with Gasteiger partial charge in [0.2, 0.25) is 5.95 Å². The Morgan fingerprint density at radius 3 is 2.62 bits per heavy atom. The second kappa shape index (κ2) is 8.08. The van der Waals surface area contributed by atoms with Crippen LogP contribution < -0.4 is 15.4 Å². The van der Waals surface area contributed by atoms with Crippen molar-refractivity contribution in [3.8, 4) is 5.75 Å². The second-order valence-electron chi connectivity index (χ2n) is 7.58. The van der Waals surface area contributed by atoms with Crippen LogP contribution in [0.3, 0.4) is 0 Å². The number of carbonyl (C=O) groups excluding carboxylic acids is 1. The lowest BCUT2D eigenvalue weighted by molar-refractivity contribution is -0.209.